The highest BCUT2D eigenvalue weighted by atomic mass is 19.1. The average Bonchev–Trinajstić information content (AvgIpc) is 3.47. The Morgan fingerprint density at radius 3 is 2.50 bits per heavy atom. The number of pyridine rings is 1. The van der Waals surface area contributed by atoms with Crippen LogP contribution in [-0.2, 0) is 20.9 Å². The van der Waals surface area contributed by atoms with Crippen LogP contribution in [0.1, 0.15) is 83.0 Å². The number of piperidine rings is 1. The van der Waals surface area contributed by atoms with Crippen molar-refractivity contribution in [3.8, 4) is 5.75 Å². The van der Waals surface area contributed by atoms with E-state index in [0.717, 1.165) is 18.9 Å². The highest BCUT2D eigenvalue weighted by Gasteiger charge is 2.68. The standard InChI is InChI=1S/C39H48FN3O9/c1-6-37(4)18-27(38(5)20(2)7-11-39(21(3)33(37)46)12-8-26(44)32(38)39)52-36(50)41-34(47)22-9-13-42(14-10-22)29-25(40)17-23-28-31(29)51-16-15-43(28)19-24(30(23)45)35(48)49/h6,17,19-22,27,32-33,46H,1,7-16,18H2,2-5H3,(H,48,49)(H,41,47,50)/t20-,21+,27-,32?,33+,37-,38+,39?/m1/s1. The van der Waals surface area contributed by atoms with Crippen LogP contribution in [0.4, 0.5) is 14.9 Å². The molecule has 2 aromatic rings. The second-order valence-corrected chi connectivity index (χ2v) is 16.4. The molecule has 3 heterocycles. The third-order valence-corrected chi connectivity index (χ3v) is 14.0. The number of imide groups is 1. The lowest BCUT2D eigenvalue weighted by molar-refractivity contribution is -0.191. The van der Waals surface area contributed by atoms with Crippen LogP contribution in [0, 0.1) is 45.7 Å². The molecule has 1 aromatic carbocycles. The predicted molar refractivity (Wildman–Crippen MR) is 189 cm³/mol. The van der Waals surface area contributed by atoms with Gasteiger partial charge in [-0.15, -0.1) is 6.58 Å². The summed E-state index contributed by atoms with van der Waals surface area (Å²) in [7, 11) is 0. The maximum Gasteiger partial charge on any atom is 0.414 e. The van der Waals surface area contributed by atoms with Crippen molar-refractivity contribution in [2.75, 3.05) is 24.6 Å². The summed E-state index contributed by atoms with van der Waals surface area (Å²) in [5, 5.41) is 23.6. The van der Waals surface area contributed by atoms with E-state index in [1.165, 1.54) is 6.20 Å². The number of halogens is 1. The highest BCUT2D eigenvalue weighted by Crippen LogP contribution is 2.68. The summed E-state index contributed by atoms with van der Waals surface area (Å²) in [6.45, 7) is 13.1. The number of alkyl carbamates (subject to hydrolysis) is 1. The fourth-order valence-corrected chi connectivity index (χ4v) is 10.7. The van der Waals surface area contributed by atoms with Gasteiger partial charge in [0.05, 0.1) is 23.6 Å². The van der Waals surface area contributed by atoms with Crippen molar-refractivity contribution in [2.45, 2.75) is 91.4 Å². The van der Waals surface area contributed by atoms with E-state index in [4.69, 9.17) is 9.47 Å². The first-order chi connectivity index (χ1) is 24.6. The van der Waals surface area contributed by atoms with Gasteiger partial charge in [-0.1, -0.05) is 33.8 Å². The summed E-state index contributed by atoms with van der Waals surface area (Å²) >= 11 is 0. The van der Waals surface area contributed by atoms with Gasteiger partial charge in [0.15, 0.2) is 11.6 Å². The van der Waals surface area contributed by atoms with E-state index in [1.54, 1.807) is 15.5 Å². The van der Waals surface area contributed by atoms with Gasteiger partial charge in [0, 0.05) is 48.4 Å². The van der Waals surface area contributed by atoms with E-state index in [2.05, 4.69) is 18.8 Å². The van der Waals surface area contributed by atoms with Crippen LogP contribution in [0.25, 0.3) is 10.9 Å². The first-order valence-corrected chi connectivity index (χ1v) is 18.4. The molecule has 0 spiro atoms. The van der Waals surface area contributed by atoms with Crippen LogP contribution in [0.2, 0.25) is 0 Å². The minimum absolute atomic E-state index is 0.0423. The van der Waals surface area contributed by atoms with Crippen molar-refractivity contribution < 1.29 is 43.3 Å². The number of nitrogens with one attached hydrogen (secondary N) is 1. The summed E-state index contributed by atoms with van der Waals surface area (Å²) in [6.07, 6.45) is 4.06. The fraction of sp³-hybridized carbons (Fsp3) is 0.615. The molecule has 3 aliphatic carbocycles. The number of carboxylic acids is 1. The molecular weight excluding hydrogens is 673 g/mol. The summed E-state index contributed by atoms with van der Waals surface area (Å²) in [5.41, 5.74) is -2.73. The number of ether oxygens (including phenoxy) is 2. The number of rotatable bonds is 5. The third-order valence-electron chi connectivity index (χ3n) is 14.0. The summed E-state index contributed by atoms with van der Waals surface area (Å²) in [6, 6.07) is 1.05. The van der Waals surface area contributed by atoms with Crippen molar-refractivity contribution >= 4 is 40.3 Å². The number of carboxylic acid groups (broad SMARTS) is 1. The van der Waals surface area contributed by atoms with Crippen LogP contribution < -0.4 is 20.4 Å². The van der Waals surface area contributed by atoms with Gasteiger partial charge < -0.3 is 29.2 Å². The maximum atomic E-state index is 15.7. The fourth-order valence-electron chi connectivity index (χ4n) is 10.7. The number of aromatic nitrogens is 1. The summed E-state index contributed by atoms with van der Waals surface area (Å²) < 4.78 is 29.4. The van der Waals surface area contributed by atoms with Crippen LogP contribution in [0.15, 0.2) is 29.7 Å². The van der Waals surface area contributed by atoms with Crippen molar-refractivity contribution in [3.05, 3.63) is 46.5 Å². The monoisotopic (exact) mass is 721 g/mol. The minimum Gasteiger partial charge on any atom is -0.487 e. The molecule has 8 atom stereocenters. The number of carbonyl (C=O) groups is 4. The molecule has 4 fully saturated rings. The highest BCUT2D eigenvalue weighted by molar-refractivity contribution is 5.97. The molecule has 2 aliphatic heterocycles. The number of Topliss-reactive ketones (excluding diaryl/α,β-unsaturated/α-hetero) is 1. The van der Waals surface area contributed by atoms with Crippen molar-refractivity contribution in [1.82, 2.24) is 9.88 Å². The zero-order chi connectivity index (χ0) is 37.5. The zero-order valence-electron chi connectivity index (χ0n) is 30.2. The van der Waals surface area contributed by atoms with Gasteiger partial charge in [0.25, 0.3) is 0 Å². The van der Waals surface area contributed by atoms with Crippen molar-refractivity contribution in [1.29, 1.82) is 0 Å². The Bertz CT molecular complexity index is 1940. The van der Waals surface area contributed by atoms with Gasteiger partial charge in [-0.05, 0) is 61.8 Å². The SMILES string of the molecule is C=C[C@]1(C)C[C@@H](OC(=O)NC(=O)C2CCN(c3c(F)cc4c(=O)c(C(=O)O)cn5c4c3OCC5)CC2)[C@@]2(C)C3C(=O)CCC3(CC[C@H]2C)[C@@H](C)[C@@H]1O. The van der Waals surface area contributed by atoms with Gasteiger partial charge in [-0.3, -0.25) is 19.7 Å². The molecule has 1 saturated heterocycles. The predicted octanol–water partition coefficient (Wildman–Crippen LogP) is 5.06. The Morgan fingerprint density at radius 2 is 1.83 bits per heavy atom. The molecule has 5 aliphatic rings. The number of nitrogens with zero attached hydrogens (tertiary/aromatic N) is 2. The largest absolute Gasteiger partial charge is 0.487 e. The molecule has 3 saturated carbocycles. The molecular formula is C39H48FN3O9. The Kier molecular flexibility index (Phi) is 8.82. The maximum absolute atomic E-state index is 15.7. The van der Waals surface area contributed by atoms with Crippen molar-refractivity contribution in [3.63, 3.8) is 0 Å². The minimum atomic E-state index is -1.39. The number of aliphatic hydroxyl groups is 1. The second kappa shape index (κ2) is 12.7. The molecule has 13 heteroatoms. The molecule has 2 unspecified atom stereocenters. The molecule has 280 valence electrons. The van der Waals surface area contributed by atoms with E-state index in [9.17, 15) is 34.2 Å². The van der Waals surface area contributed by atoms with Crippen LogP contribution >= 0.6 is 0 Å². The average molecular weight is 722 g/mol. The number of aromatic carboxylic acids is 1. The smallest absolute Gasteiger partial charge is 0.414 e. The number of aliphatic hydroxyl groups excluding tert-OH is 1. The number of hydrogen-bond donors (Lipinski definition) is 3. The van der Waals surface area contributed by atoms with Gasteiger partial charge >= 0.3 is 12.1 Å². The summed E-state index contributed by atoms with van der Waals surface area (Å²) in [4.78, 5) is 67.1. The molecule has 3 N–H and O–H groups in total. The lowest BCUT2D eigenvalue weighted by atomic mass is 9.44. The first kappa shape index (κ1) is 36.1. The topological polar surface area (TPSA) is 164 Å². The van der Waals surface area contributed by atoms with E-state index in [-0.39, 0.29) is 85.9 Å². The van der Waals surface area contributed by atoms with Gasteiger partial charge in [-0.25, -0.2) is 14.0 Å². The number of benzene rings is 1. The Balaban J connectivity index is 1.08. The van der Waals surface area contributed by atoms with E-state index in [0.29, 0.717) is 18.4 Å². The van der Waals surface area contributed by atoms with Crippen LogP contribution in [0.5, 0.6) is 5.75 Å². The molecule has 52 heavy (non-hydrogen) atoms. The van der Waals surface area contributed by atoms with Gasteiger partial charge in [0.1, 0.15) is 29.7 Å². The number of anilines is 1. The zero-order valence-corrected chi connectivity index (χ0v) is 30.2. The quantitative estimate of drug-likeness (QED) is 0.356. The Hall–Kier alpha value is -4.26. The van der Waals surface area contributed by atoms with Crippen LogP contribution in [0.3, 0.4) is 0 Å². The summed E-state index contributed by atoms with van der Waals surface area (Å²) in [5.74, 6) is -3.44. The number of carbonyl (C=O) groups excluding carboxylic acids is 3. The van der Waals surface area contributed by atoms with Crippen molar-refractivity contribution in [2.24, 2.45) is 39.9 Å². The van der Waals surface area contributed by atoms with E-state index < -0.39 is 69.1 Å². The molecule has 1 aromatic heterocycles. The molecule has 2 amide bonds. The van der Waals surface area contributed by atoms with E-state index in [1.807, 2.05) is 20.8 Å². The van der Waals surface area contributed by atoms with Crippen LogP contribution in [-0.4, -0.2) is 70.4 Å². The van der Waals surface area contributed by atoms with Gasteiger partial charge in [0.2, 0.25) is 11.3 Å². The molecule has 7 rings (SSSR count). The number of hydrogen-bond acceptors (Lipinski definition) is 9. The molecule has 0 radical (unpaired) electrons. The molecule has 2 bridgehead atoms. The number of ketones is 1. The van der Waals surface area contributed by atoms with Gasteiger partial charge in [-0.2, -0.15) is 0 Å². The molecule has 12 nitrogen and oxygen atoms in total. The second-order valence-electron chi connectivity index (χ2n) is 16.4. The Labute approximate surface area is 301 Å². The Morgan fingerprint density at radius 1 is 1.12 bits per heavy atom. The lowest BCUT2D eigenvalue weighted by Crippen LogP contribution is -2.63. The first-order valence-electron chi connectivity index (χ1n) is 18.4. The van der Waals surface area contributed by atoms with E-state index >= 15 is 4.39 Å². The lowest BCUT2D eigenvalue weighted by Gasteiger charge is -2.61. The third kappa shape index (κ3) is 5.28. The normalized spacial score (nSPS) is 34.5. The number of amides is 2.